The van der Waals surface area contributed by atoms with Crippen molar-refractivity contribution in [3.8, 4) is 0 Å². The van der Waals surface area contributed by atoms with Crippen LogP contribution in [0.15, 0.2) is 22.7 Å². The molecule has 0 bridgehead atoms. The Morgan fingerprint density at radius 2 is 2.22 bits per heavy atom. The number of nitrogens with one attached hydrogen (secondary N) is 1. The predicted molar refractivity (Wildman–Crippen MR) is 85.6 cm³/mol. The lowest BCUT2D eigenvalue weighted by atomic mass is 10.1. The summed E-state index contributed by atoms with van der Waals surface area (Å²) in [6.45, 7) is 2.20. The van der Waals surface area contributed by atoms with Gasteiger partial charge in [0.1, 0.15) is 0 Å². The molecule has 1 aliphatic carbocycles. The first kappa shape index (κ1) is 14.7. The summed E-state index contributed by atoms with van der Waals surface area (Å²) in [5.74, 6) is 0. The summed E-state index contributed by atoms with van der Waals surface area (Å²) in [4.78, 5) is 0. The molecule has 2 rings (SSSR count). The highest BCUT2D eigenvalue weighted by atomic mass is 79.9. The zero-order valence-electron chi connectivity index (χ0n) is 10.7. The molecule has 100 valence electrons. The van der Waals surface area contributed by atoms with Crippen LogP contribution in [0.4, 0.5) is 0 Å². The van der Waals surface area contributed by atoms with Crippen LogP contribution in [0, 0.1) is 0 Å². The Kier molecular flexibility index (Phi) is 5.43. The Morgan fingerprint density at radius 1 is 1.44 bits per heavy atom. The molecule has 0 spiro atoms. The van der Waals surface area contributed by atoms with Gasteiger partial charge in [0.25, 0.3) is 0 Å². The summed E-state index contributed by atoms with van der Waals surface area (Å²) < 4.78 is 1.03. The Labute approximate surface area is 127 Å². The van der Waals surface area contributed by atoms with Gasteiger partial charge in [0.15, 0.2) is 0 Å². The number of rotatable bonds is 4. The van der Waals surface area contributed by atoms with Crippen LogP contribution in [0.5, 0.6) is 0 Å². The molecule has 1 aromatic carbocycles. The van der Waals surface area contributed by atoms with Gasteiger partial charge >= 0.3 is 0 Å². The van der Waals surface area contributed by atoms with Crippen molar-refractivity contribution in [1.82, 2.24) is 5.32 Å². The van der Waals surface area contributed by atoms with Gasteiger partial charge in [-0.2, -0.15) is 11.8 Å². The smallest absolute Gasteiger partial charge is 0.0464 e. The third-order valence-corrected chi connectivity index (χ3v) is 5.64. The minimum atomic E-state index is 0.309. The van der Waals surface area contributed by atoms with Crippen LogP contribution in [0.1, 0.15) is 37.8 Å². The van der Waals surface area contributed by atoms with Crippen molar-refractivity contribution in [2.45, 2.75) is 43.5 Å². The maximum absolute atomic E-state index is 6.30. The molecule has 3 atom stereocenters. The zero-order chi connectivity index (χ0) is 13.1. The van der Waals surface area contributed by atoms with Gasteiger partial charge in [-0.15, -0.1) is 0 Å². The van der Waals surface area contributed by atoms with Crippen LogP contribution in [0.3, 0.4) is 0 Å². The minimum absolute atomic E-state index is 0.309. The first-order valence-electron chi connectivity index (χ1n) is 6.35. The van der Waals surface area contributed by atoms with Crippen LogP contribution in [0.2, 0.25) is 5.02 Å². The van der Waals surface area contributed by atoms with Crippen molar-refractivity contribution in [2.24, 2.45) is 0 Å². The SMILES string of the molecule is CSC1CCCC1NC(C)c1ccc(Br)cc1Cl. The van der Waals surface area contributed by atoms with Gasteiger partial charge in [-0.3, -0.25) is 0 Å². The highest BCUT2D eigenvalue weighted by molar-refractivity contribution is 9.10. The molecule has 0 aliphatic heterocycles. The Bertz CT molecular complexity index is 413. The molecule has 1 aliphatic rings. The average Bonchev–Trinajstić information content (AvgIpc) is 2.76. The van der Waals surface area contributed by atoms with Crippen molar-refractivity contribution in [3.63, 3.8) is 0 Å². The molecule has 0 amide bonds. The molecule has 1 aromatic rings. The van der Waals surface area contributed by atoms with E-state index in [1.807, 2.05) is 17.8 Å². The van der Waals surface area contributed by atoms with Crippen LogP contribution < -0.4 is 5.32 Å². The number of hydrogen-bond acceptors (Lipinski definition) is 2. The fourth-order valence-electron chi connectivity index (χ4n) is 2.66. The minimum Gasteiger partial charge on any atom is -0.306 e. The fourth-order valence-corrected chi connectivity index (χ4v) is 4.45. The molecule has 18 heavy (non-hydrogen) atoms. The standard InChI is InChI=1S/C14H19BrClNS/c1-9(11-7-6-10(15)8-12(11)16)17-13-4-3-5-14(13)18-2/h6-9,13-14,17H,3-5H2,1-2H3. The monoisotopic (exact) mass is 347 g/mol. The van der Waals surface area contributed by atoms with Gasteiger partial charge in [-0.05, 0) is 43.7 Å². The van der Waals surface area contributed by atoms with E-state index in [4.69, 9.17) is 11.6 Å². The van der Waals surface area contributed by atoms with E-state index in [9.17, 15) is 0 Å². The third kappa shape index (κ3) is 3.44. The zero-order valence-corrected chi connectivity index (χ0v) is 13.9. The van der Waals surface area contributed by atoms with Crippen molar-refractivity contribution in [3.05, 3.63) is 33.3 Å². The highest BCUT2D eigenvalue weighted by Gasteiger charge is 2.27. The summed E-state index contributed by atoms with van der Waals surface area (Å²) >= 11 is 11.7. The second-order valence-corrected chi connectivity index (χ2v) is 7.27. The lowest BCUT2D eigenvalue weighted by Gasteiger charge is -2.25. The van der Waals surface area contributed by atoms with Crippen molar-refractivity contribution in [2.75, 3.05) is 6.26 Å². The molecule has 0 radical (unpaired) electrons. The van der Waals surface area contributed by atoms with E-state index in [0.29, 0.717) is 12.1 Å². The molecule has 0 aromatic heterocycles. The van der Waals surface area contributed by atoms with Gasteiger partial charge in [0.2, 0.25) is 0 Å². The van der Waals surface area contributed by atoms with E-state index in [0.717, 1.165) is 14.7 Å². The summed E-state index contributed by atoms with van der Waals surface area (Å²) in [6.07, 6.45) is 6.16. The summed E-state index contributed by atoms with van der Waals surface area (Å²) in [7, 11) is 0. The average molecular weight is 349 g/mol. The Morgan fingerprint density at radius 3 is 2.89 bits per heavy atom. The first-order valence-corrected chi connectivity index (χ1v) is 8.81. The van der Waals surface area contributed by atoms with Crippen LogP contribution in [-0.4, -0.2) is 17.5 Å². The lowest BCUT2D eigenvalue weighted by Crippen LogP contribution is -2.35. The lowest BCUT2D eigenvalue weighted by molar-refractivity contribution is 0.467. The molecule has 1 fully saturated rings. The van der Waals surface area contributed by atoms with Gasteiger partial charge in [0, 0.05) is 26.8 Å². The second-order valence-electron chi connectivity index (χ2n) is 4.87. The maximum Gasteiger partial charge on any atom is 0.0464 e. The van der Waals surface area contributed by atoms with Crippen LogP contribution in [0.25, 0.3) is 0 Å². The maximum atomic E-state index is 6.30. The Hall–Kier alpha value is 0.300. The molecule has 4 heteroatoms. The largest absolute Gasteiger partial charge is 0.306 e. The molecule has 1 N–H and O–H groups in total. The molecular weight excluding hydrogens is 330 g/mol. The molecule has 1 nitrogen and oxygen atoms in total. The third-order valence-electron chi connectivity index (χ3n) is 3.65. The van der Waals surface area contributed by atoms with Crippen LogP contribution in [-0.2, 0) is 0 Å². The predicted octanol–water partition coefficient (Wildman–Crippen LogP) is 5.04. The number of hydrogen-bond donors (Lipinski definition) is 1. The van der Waals surface area contributed by atoms with Gasteiger partial charge in [-0.1, -0.05) is 40.0 Å². The first-order chi connectivity index (χ1) is 8.61. The normalized spacial score (nSPS) is 25.3. The number of halogens is 2. The highest BCUT2D eigenvalue weighted by Crippen LogP contribution is 2.32. The second kappa shape index (κ2) is 6.65. The topological polar surface area (TPSA) is 12.0 Å². The summed E-state index contributed by atoms with van der Waals surface area (Å²) in [5.41, 5.74) is 1.19. The van der Waals surface area contributed by atoms with E-state index < -0.39 is 0 Å². The molecule has 3 unspecified atom stereocenters. The number of benzene rings is 1. The van der Waals surface area contributed by atoms with E-state index in [-0.39, 0.29) is 0 Å². The molecular formula is C14H19BrClNS. The van der Waals surface area contributed by atoms with Crippen LogP contribution >= 0.6 is 39.3 Å². The summed E-state index contributed by atoms with van der Waals surface area (Å²) in [5, 5.41) is 5.32. The van der Waals surface area contributed by atoms with E-state index in [2.05, 4.69) is 46.6 Å². The quantitative estimate of drug-likeness (QED) is 0.818. The van der Waals surface area contributed by atoms with Gasteiger partial charge < -0.3 is 5.32 Å². The van der Waals surface area contributed by atoms with E-state index in [1.165, 1.54) is 24.8 Å². The Balaban J connectivity index is 2.05. The van der Waals surface area contributed by atoms with Gasteiger partial charge in [-0.25, -0.2) is 0 Å². The van der Waals surface area contributed by atoms with Gasteiger partial charge in [0.05, 0.1) is 0 Å². The molecule has 0 heterocycles. The van der Waals surface area contributed by atoms with Crippen molar-refractivity contribution in [1.29, 1.82) is 0 Å². The van der Waals surface area contributed by atoms with E-state index in [1.54, 1.807) is 0 Å². The fraction of sp³-hybridized carbons (Fsp3) is 0.571. The molecule has 1 saturated carbocycles. The number of thioether (sulfide) groups is 1. The van der Waals surface area contributed by atoms with Crippen molar-refractivity contribution >= 4 is 39.3 Å². The summed E-state index contributed by atoms with van der Waals surface area (Å²) in [6, 6.07) is 7.06. The van der Waals surface area contributed by atoms with E-state index >= 15 is 0 Å². The van der Waals surface area contributed by atoms with Crippen molar-refractivity contribution < 1.29 is 0 Å². The molecule has 0 saturated heterocycles.